The van der Waals surface area contributed by atoms with Crippen molar-refractivity contribution in [1.82, 2.24) is 15.6 Å². The predicted octanol–water partition coefficient (Wildman–Crippen LogP) is 5.55. The first-order valence-electron chi connectivity index (χ1n) is 15.3. The Morgan fingerprint density at radius 2 is 1.45 bits per heavy atom. The van der Waals surface area contributed by atoms with Gasteiger partial charge in [-0.2, -0.15) is 0 Å². The van der Waals surface area contributed by atoms with Gasteiger partial charge in [-0.3, -0.25) is 9.59 Å². The number of fused-ring (bicyclic) bond motifs is 4. The van der Waals surface area contributed by atoms with Crippen molar-refractivity contribution >= 4 is 40.5 Å². The van der Waals surface area contributed by atoms with Crippen LogP contribution in [0.15, 0.2) is 103 Å². The van der Waals surface area contributed by atoms with Gasteiger partial charge >= 0.3 is 12.1 Å². The van der Waals surface area contributed by atoms with Crippen LogP contribution in [0.2, 0.25) is 0 Å². The van der Waals surface area contributed by atoms with E-state index in [0.29, 0.717) is 0 Å². The van der Waals surface area contributed by atoms with Gasteiger partial charge < -0.3 is 30.4 Å². The first-order chi connectivity index (χ1) is 22.8. The van der Waals surface area contributed by atoms with Crippen LogP contribution in [-0.2, 0) is 25.5 Å². The number of carbonyl (C=O) groups is 4. The molecule has 0 radical (unpaired) electrons. The standard InChI is InChI=1S/C37H34N4O6/c1-22(39-37(45)47-21-30-27-14-5-3-12-25(27)26-13-4-6-15-28(26)30)34(42)40-32-18-10-8-16-29(32)35(43)41-33(36(44)46-2)19-23-20-38-31-17-9-7-11-24(23)31/h3-18,20,22,30,33,38H,19,21H2,1-2H3,(H,39,45)(H,40,42)(H,41,43)/t22-,33+/m0/s1. The topological polar surface area (TPSA) is 139 Å². The van der Waals surface area contributed by atoms with Crippen molar-refractivity contribution in [3.8, 4) is 11.1 Å². The van der Waals surface area contributed by atoms with Gasteiger partial charge in [0.1, 0.15) is 18.7 Å². The number of amides is 3. The minimum Gasteiger partial charge on any atom is -0.467 e. The van der Waals surface area contributed by atoms with Gasteiger partial charge in [-0.15, -0.1) is 0 Å². The summed E-state index contributed by atoms with van der Waals surface area (Å²) in [4.78, 5) is 55.2. The van der Waals surface area contributed by atoms with Crippen molar-refractivity contribution < 1.29 is 28.7 Å². The number of benzene rings is 4. The summed E-state index contributed by atoms with van der Waals surface area (Å²) in [6.45, 7) is 1.63. The second-order valence-corrected chi connectivity index (χ2v) is 11.3. The summed E-state index contributed by atoms with van der Waals surface area (Å²) in [5, 5.41) is 8.97. The van der Waals surface area contributed by atoms with Crippen LogP contribution in [0.3, 0.4) is 0 Å². The van der Waals surface area contributed by atoms with Crippen molar-refractivity contribution in [1.29, 1.82) is 0 Å². The van der Waals surface area contributed by atoms with E-state index in [1.54, 1.807) is 24.4 Å². The molecule has 1 aliphatic rings. The van der Waals surface area contributed by atoms with E-state index in [1.165, 1.54) is 20.1 Å². The molecule has 1 aliphatic carbocycles. The maximum absolute atomic E-state index is 13.4. The van der Waals surface area contributed by atoms with Crippen LogP contribution in [0, 0.1) is 0 Å². The molecular weight excluding hydrogens is 596 g/mol. The Bertz CT molecular complexity index is 1920. The van der Waals surface area contributed by atoms with E-state index >= 15 is 0 Å². The summed E-state index contributed by atoms with van der Waals surface area (Å²) in [6, 6.07) is 28.2. The number of anilines is 1. The van der Waals surface area contributed by atoms with E-state index in [0.717, 1.165) is 38.7 Å². The highest BCUT2D eigenvalue weighted by Crippen LogP contribution is 2.44. The Morgan fingerprint density at radius 3 is 2.17 bits per heavy atom. The molecule has 1 aromatic heterocycles. The number of hydrogen-bond acceptors (Lipinski definition) is 6. The Kier molecular flexibility index (Phi) is 9.01. The molecule has 47 heavy (non-hydrogen) atoms. The number of para-hydroxylation sites is 2. The van der Waals surface area contributed by atoms with Gasteiger partial charge in [-0.1, -0.05) is 78.9 Å². The van der Waals surface area contributed by atoms with Crippen LogP contribution >= 0.6 is 0 Å². The number of rotatable bonds is 10. The fraction of sp³-hybridized carbons (Fsp3) is 0.189. The van der Waals surface area contributed by atoms with Crippen LogP contribution in [-0.4, -0.2) is 54.7 Å². The number of carbonyl (C=O) groups excluding carboxylic acids is 4. The van der Waals surface area contributed by atoms with Gasteiger partial charge in [0.05, 0.1) is 18.4 Å². The Balaban J connectivity index is 1.08. The summed E-state index contributed by atoms with van der Waals surface area (Å²) in [5.74, 6) is -1.85. The molecule has 10 heteroatoms. The van der Waals surface area contributed by atoms with Gasteiger partial charge in [0, 0.05) is 29.4 Å². The lowest BCUT2D eigenvalue weighted by atomic mass is 9.98. The largest absolute Gasteiger partial charge is 0.467 e. The predicted molar refractivity (Wildman–Crippen MR) is 178 cm³/mol. The van der Waals surface area contributed by atoms with Crippen LogP contribution in [0.25, 0.3) is 22.0 Å². The van der Waals surface area contributed by atoms with Crippen molar-refractivity contribution in [3.63, 3.8) is 0 Å². The molecule has 5 aromatic rings. The number of ether oxygens (including phenoxy) is 2. The second-order valence-electron chi connectivity index (χ2n) is 11.3. The maximum Gasteiger partial charge on any atom is 0.407 e. The maximum atomic E-state index is 13.4. The third kappa shape index (κ3) is 6.57. The minimum absolute atomic E-state index is 0.108. The molecular formula is C37H34N4O6. The normalized spacial score (nSPS) is 13.1. The number of hydrogen-bond donors (Lipinski definition) is 4. The highest BCUT2D eigenvalue weighted by Gasteiger charge is 2.30. The highest BCUT2D eigenvalue weighted by atomic mass is 16.5. The van der Waals surface area contributed by atoms with Gasteiger partial charge in [0.25, 0.3) is 5.91 Å². The first-order valence-corrected chi connectivity index (χ1v) is 15.3. The number of H-pyrrole nitrogens is 1. The molecule has 0 saturated carbocycles. The lowest BCUT2D eigenvalue weighted by molar-refractivity contribution is -0.142. The third-order valence-electron chi connectivity index (χ3n) is 8.39. The lowest BCUT2D eigenvalue weighted by Crippen LogP contribution is -2.44. The smallest absolute Gasteiger partial charge is 0.407 e. The number of esters is 1. The van der Waals surface area contributed by atoms with Crippen molar-refractivity contribution in [3.05, 3.63) is 126 Å². The molecule has 0 saturated heterocycles. The molecule has 0 spiro atoms. The van der Waals surface area contributed by atoms with E-state index in [9.17, 15) is 19.2 Å². The molecule has 2 atom stereocenters. The fourth-order valence-electron chi connectivity index (χ4n) is 6.01. The number of methoxy groups -OCH3 is 1. The molecule has 1 heterocycles. The molecule has 6 rings (SSSR count). The van der Waals surface area contributed by atoms with E-state index in [2.05, 4.69) is 33.1 Å². The van der Waals surface area contributed by atoms with Crippen LogP contribution in [0.4, 0.5) is 10.5 Å². The zero-order valence-electron chi connectivity index (χ0n) is 25.9. The first kappa shape index (κ1) is 31.1. The van der Waals surface area contributed by atoms with Crippen molar-refractivity contribution in [2.24, 2.45) is 0 Å². The van der Waals surface area contributed by atoms with Crippen LogP contribution in [0.1, 0.15) is 39.9 Å². The molecule has 0 unspecified atom stereocenters. The average molecular weight is 631 g/mol. The monoisotopic (exact) mass is 630 g/mol. The molecule has 3 amide bonds. The average Bonchev–Trinajstić information content (AvgIpc) is 3.65. The number of aromatic nitrogens is 1. The van der Waals surface area contributed by atoms with E-state index < -0.39 is 36.0 Å². The molecule has 4 aromatic carbocycles. The molecule has 0 bridgehead atoms. The summed E-state index contributed by atoms with van der Waals surface area (Å²) in [6.07, 6.45) is 1.25. The summed E-state index contributed by atoms with van der Waals surface area (Å²) < 4.78 is 10.6. The Labute approximate surface area is 271 Å². The van der Waals surface area contributed by atoms with E-state index in [-0.39, 0.29) is 30.2 Å². The van der Waals surface area contributed by atoms with Crippen LogP contribution < -0.4 is 16.0 Å². The SMILES string of the molecule is COC(=O)[C@@H](Cc1c[nH]c2ccccc12)NC(=O)c1ccccc1NC(=O)[C@H](C)NC(=O)OCC1c2ccccc2-c2ccccc21. The minimum atomic E-state index is -0.982. The summed E-state index contributed by atoms with van der Waals surface area (Å²) in [7, 11) is 1.26. The molecule has 238 valence electrons. The fourth-order valence-corrected chi connectivity index (χ4v) is 6.01. The van der Waals surface area contributed by atoms with Gasteiger partial charge in [0.15, 0.2) is 0 Å². The number of aromatic amines is 1. The zero-order chi connectivity index (χ0) is 32.9. The van der Waals surface area contributed by atoms with E-state index in [1.807, 2.05) is 60.7 Å². The van der Waals surface area contributed by atoms with Gasteiger partial charge in [-0.25, -0.2) is 9.59 Å². The summed E-state index contributed by atoms with van der Waals surface area (Å²) >= 11 is 0. The third-order valence-corrected chi connectivity index (χ3v) is 8.39. The molecule has 0 aliphatic heterocycles. The van der Waals surface area contributed by atoms with Crippen LogP contribution in [0.5, 0.6) is 0 Å². The Hall–Kier alpha value is -5.90. The van der Waals surface area contributed by atoms with Gasteiger partial charge in [0.2, 0.25) is 5.91 Å². The van der Waals surface area contributed by atoms with E-state index in [4.69, 9.17) is 9.47 Å². The van der Waals surface area contributed by atoms with Crippen molar-refractivity contribution in [2.75, 3.05) is 19.0 Å². The molecule has 10 nitrogen and oxygen atoms in total. The second kappa shape index (κ2) is 13.6. The van der Waals surface area contributed by atoms with Crippen molar-refractivity contribution in [2.45, 2.75) is 31.3 Å². The Morgan fingerprint density at radius 1 is 0.809 bits per heavy atom. The quantitative estimate of drug-likeness (QED) is 0.149. The van der Waals surface area contributed by atoms with Gasteiger partial charge in [-0.05, 0) is 52.9 Å². The number of nitrogens with one attached hydrogen (secondary N) is 4. The number of alkyl carbamates (subject to hydrolysis) is 1. The summed E-state index contributed by atoms with van der Waals surface area (Å²) in [5.41, 5.74) is 6.49. The molecule has 0 fully saturated rings. The zero-order valence-corrected chi connectivity index (χ0v) is 25.9. The molecule has 4 N–H and O–H groups in total. The lowest BCUT2D eigenvalue weighted by Gasteiger charge is -2.19. The highest BCUT2D eigenvalue weighted by molar-refractivity contribution is 6.06.